The predicted octanol–water partition coefficient (Wildman–Crippen LogP) is 5.76. The number of aromatic nitrogens is 1. The van der Waals surface area contributed by atoms with Gasteiger partial charge in [-0.05, 0) is 0 Å². The van der Waals surface area contributed by atoms with E-state index in [1.165, 1.54) is 6.07 Å². The summed E-state index contributed by atoms with van der Waals surface area (Å²) >= 11 is 9.43. The topological polar surface area (TPSA) is 80.7 Å². The third kappa shape index (κ3) is 5.73. The van der Waals surface area contributed by atoms with Crippen LogP contribution >= 0.6 is 27.5 Å². The van der Waals surface area contributed by atoms with E-state index in [0.29, 0.717) is 52.6 Å². The summed E-state index contributed by atoms with van der Waals surface area (Å²) < 4.78 is 84.0. The van der Waals surface area contributed by atoms with Crippen LogP contribution in [0.3, 0.4) is 0 Å². The molecule has 0 atom stereocenters. The minimum atomic E-state index is -4.58. The Morgan fingerprint density at radius 2 is 1.84 bits per heavy atom. The van der Waals surface area contributed by atoms with Crippen LogP contribution in [0.4, 0.5) is 24.5 Å². The fourth-order valence-electron chi connectivity index (χ4n) is 4.40. The van der Waals surface area contributed by atoms with Gasteiger partial charge in [-0.2, -0.15) is 13.2 Å². The summed E-state index contributed by atoms with van der Waals surface area (Å²) in [5, 5.41) is -0.363. The fourth-order valence-corrected chi connectivity index (χ4v) is 7.90. The van der Waals surface area contributed by atoms with Gasteiger partial charge in [-0.25, -0.2) is 0 Å². The Morgan fingerprint density at radius 3 is 2.39 bits per heavy atom. The van der Waals surface area contributed by atoms with Crippen LogP contribution in [0.25, 0.3) is 16.0 Å². The third-order valence-electron chi connectivity index (χ3n) is 6.16. The molecule has 0 spiro atoms. The van der Waals surface area contributed by atoms with Gasteiger partial charge in [0.05, 0.1) is 0 Å². The number of aryl methyl sites for hydroxylation is 1. The van der Waals surface area contributed by atoms with Gasteiger partial charge in [-0.3, -0.25) is 0 Å². The summed E-state index contributed by atoms with van der Waals surface area (Å²) in [5.41, 5.74) is 1.61. The van der Waals surface area contributed by atoms with E-state index in [1.54, 1.807) is 15.5 Å². The molecule has 3 aromatic rings. The summed E-state index contributed by atoms with van der Waals surface area (Å²) in [6, 6.07) is 2.43. The second-order valence-corrected chi connectivity index (χ2v) is 13.0. The molecule has 206 valence electrons. The molecule has 1 aliphatic heterocycles. The van der Waals surface area contributed by atoms with E-state index < -0.39 is 27.6 Å². The number of oxazole rings is 1. The summed E-state index contributed by atoms with van der Waals surface area (Å²) in [7, 11) is -4.45. The molecule has 0 aliphatic carbocycles. The van der Waals surface area contributed by atoms with Crippen molar-refractivity contribution in [2.45, 2.75) is 39.9 Å². The van der Waals surface area contributed by atoms with Gasteiger partial charge in [0.2, 0.25) is 0 Å². The zero-order chi connectivity index (χ0) is 28.0. The molecule has 1 aromatic carbocycles. The molecule has 0 radical (unpaired) electrons. The number of hydrogen-bond donors (Lipinski definition) is 0. The number of anilines is 2. The average molecular weight is 702 g/mol. The average Bonchev–Trinajstić information content (AvgIpc) is 3.45. The Hall–Kier alpha value is -1.76. The van der Waals surface area contributed by atoms with Crippen LogP contribution in [0.2, 0.25) is 5.02 Å². The van der Waals surface area contributed by atoms with Crippen LogP contribution in [-0.4, -0.2) is 46.3 Å². The van der Waals surface area contributed by atoms with E-state index in [-0.39, 0.29) is 26.1 Å². The molecule has 0 unspecified atom stereocenters. The van der Waals surface area contributed by atoms with Gasteiger partial charge < -0.3 is 0 Å². The Labute approximate surface area is 237 Å². The standard InChI is InChI=1S/C24H24BrClF3N3O4SSe/c1-4-14(10-21-32(7-8-37(33,34)35)22-16(25)13-38-23(22)36-21)9-20-30(5-2)18-11-15(24(27,28)29)17(26)12-19(18)31(20)6-3/h9-13H,4-8H2,1-3H3. The molecule has 0 saturated heterocycles. The van der Waals surface area contributed by atoms with Crippen molar-refractivity contribution in [2.75, 3.05) is 28.6 Å². The van der Waals surface area contributed by atoms with Crippen molar-refractivity contribution in [1.82, 2.24) is 0 Å². The van der Waals surface area contributed by atoms with Crippen molar-refractivity contribution >= 4 is 79.6 Å². The van der Waals surface area contributed by atoms with Crippen LogP contribution in [0.15, 0.2) is 43.4 Å². The number of allylic oxidation sites excluding steroid dienone is 2. The molecule has 14 heteroatoms. The molecule has 0 amide bonds. The van der Waals surface area contributed by atoms with E-state index in [1.807, 2.05) is 36.7 Å². The predicted molar refractivity (Wildman–Crippen MR) is 144 cm³/mol. The first-order valence-electron chi connectivity index (χ1n) is 11.7. The molecule has 7 nitrogen and oxygen atoms in total. The first-order chi connectivity index (χ1) is 17.8. The van der Waals surface area contributed by atoms with Gasteiger partial charge in [0, 0.05) is 0 Å². The molecule has 0 bridgehead atoms. The van der Waals surface area contributed by atoms with Crippen LogP contribution in [-0.2, 0) is 22.8 Å². The number of nitrogens with zero attached hydrogens (tertiary/aromatic N) is 3. The maximum absolute atomic E-state index is 13.6. The van der Waals surface area contributed by atoms with E-state index >= 15 is 0 Å². The van der Waals surface area contributed by atoms with Gasteiger partial charge >= 0.3 is 226 Å². The SMILES string of the molecule is CCC(=Cc1oc2[se]cc(Br)c2[n+]1CCS(=O)(=O)[O-])C=C1N(CC)c2cc(Cl)c(C(F)(F)F)cc2N1CC. The molecule has 38 heavy (non-hydrogen) atoms. The number of fused-ring (bicyclic) bond motifs is 2. The normalized spacial score (nSPS) is 15.8. The van der Waals surface area contributed by atoms with Gasteiger partial charge in [-0.1, -0.05) is 0 Å². The van der Waals surface area contributed by atoms with Crippen molar-refractivity contribution in [1.29, 1.82) is 0 Å². The van der Waals surface area contributed by atoms with Crippen LogP contribution in [0, 0.1) is 0 Å². The van der Waals surface area contributed by atoms with Gasteiger partial charge in [0.1, 0.15) is 0 Å². The molecular formula is C24H24BrClF3N3O4SSe. The molecule has 0 fully saturated rings. The number of halogens is 5. The molecule has 4 rings (SSSR count). The van der Waals surface area contributed by atoms with E-state index in [4.69, 9.17) is 16.0 Å². The molecule has 0 N–H and O–H groups in total. The van der Waals surface area contributed by atoms with Gasteiger partial charge in [-0.15, -0.1) is 0 Å². The van der Waals surface area contributed by atoms with Crippen LogP contribution in [0.1, 0.15) is 38.6 Å². The zero-order valence-corrected chi connectivity index (χ0v) is 25.5. The van der Waals surface area contributed by atoms with Crippen molar-refractivity contribution in [3.8, 4) is 0 Å². The van der Waals surface area contributed by atoms with Crippen molar-refractivity contribution in [2.24, 2.45) is 0 Å². The number of hydrogen-bond acceptors (Lipinski definition) is 6. The number of alkyl halides is 3. The first kappa shape index (κ1) is 29.2. The quantitative estimate of drug-likeness (QED) is 0.169. The van der Waals surface area contributed by atoms with E-state index in [0.717, 1.165) is 16.1 Å². The first-order valence-corrected chi connectivity index (χ1v) is 16.3. The Bertz CT molecular complexity index is 1550. The maximum atomic E-state index is 13.6. The molecule has 0 saturated carbocycles. The van der Waals surface area contributed by atoms with Gasteiger partial charge in [0.25, 0.3) is 0 Å². The molecule has 2 aromatic heterocycles. The summed E-state index contributed by atoms with van der Waals surface area (Å²) in [6.07, 6.45) is -0.375. The molecule has 1 aliphatic rings. The Kier molecular flexibility index (Phi) is 8.47. The summed E-state index contributed by atoms with van der Waals surface area (Å²) in [5.74, 6) is 0.486. The van der Waals surface area contributed by atoms with E-state index in [9.17, 15) is 26.1 Å². The van der Waals surface area contributed by atoms with Crippen LogP contribution in [0.5, 0.6) is 0 Å². The van der Waals surface area contributed by atoms with Crippen molar-refractivity contribution in [3.05, 3.63) is 55.5 Å². The Morgan fingerprint density at radius 1 is 1.21 bits per heavy atom. The second-order valence-electron chi connectivity index (χ2n) is 8.46. The summed E-state index contributed by atoms with van der Waals surface area (Å²) in [6.45, 7) is 6.52. The monoisotopic (exact) mass is 701 g/mol. The van der Waals surface area contributed by atoms with Crippen molar-refractivity contribution in [3.63, 3.8) is 0 Å². The minimum absolute atomic E-state index is 0.0740. The molecule has 3 heterocycles. The summed E-state index contributed by atoms with van der Waals surface area (Å²) in [4.78, 5) is 5.65. The number of rotatable bonds is 8. The Balaban J connectivity index is 1.82. The van der Waals surface area contributed by atoms with E-state index in [2.05, 4.69) is 15.9 Å². The second kappa shape index (κ2) is 11.0. The van der Waals surface area contributed by atoms with Crippen molar-refractivity contribution < 1.29 is 35.1 Å². The third-order valence-corrected chi connectivity index (χ3v) is 10.2. The molecular weight excluding hydrogens is 678 g/mol. The zero-order valence-electron chi connectivity index (χ0n) is 20.6. The van der Waals surface area contributed by atoms with Crippen LogP contribution < -0.4 is 14.4 Å². The fraction of sp³-hybridized carbons (Fsp3) is 0.375. The number of benzene rings is 1. The van der Waals surface area contributed by atoms with Gasteiger partial charge in [0.15, 0.2) is 0 Å².